The van der Waals surface area contributed by atoms with E-state index in [2.05, 4.69) is 47.7 Å². The summed E-state index contributed by atoms with van der Waals surface area (Å²) in [7, 11) is 0. The molecule has 0 radical (unpaired) electrons. The molecule has 0 saturated heterocycles. The minimum Gasteiger partial charge on any atom is -0.361 e. The fourth-order valence-corrected chi connectivity index (χ4v) is 2.36. The number of nitrogens with one attached hydrogen (secondary N) is 2. The Morgan fingerprint density at radius 2 is 1.94 bits per heavy atom. The van der Waals surface area contributed by atoms with Crippen LogP contribution in [0.1, 0.15) is 38.2 Å². The van der Waals surface area contributed by atoms with Crippen LogP contribution >= 0.6 is 0 Å². The molecule has 0 fully saturated rings. The molecule has 0 aliphatic rings. The molecule has 1 aromatic heterocycles. The molecule has 2 aromatic rings. The highest BCUT2D eigenvalue weighted by Crippen LogP contribution is 2.17. The van der Waals surface area contributed by atoms with Crippen LogP contribution in [0.5, 0.6) is 0 Å². The van der Waals surface area contributed by atoms with Gasteiger partial charge in [0.25, 0.3) is 0 Å². The Hall–Kier alpha value is -1.28. The summed E-state index contributed by atoms with van der Waals surface area (Å²) in [6.07, 6.45) is 8.60. The van der Waals surface area contributed by atoms with Gasteiger partial charge in [-0.3, -0.25) is 0 Å². The lowest BCUT2D eigenvalue weighted by Crippen LogP contribution is -2.18. The normalized spacial score (nSPS) is 11.2. The molecule has 0 bridgehead atoms. The molecule has 2 nitrogen and oxygen atoms in total. The van der Waals surface area contributed by atoms with Crippen molar-refractivity contribution in [1.29, 1.82) is 0 Å². The smallest absolute Gasteiger partial charge is 0.0456 e. The number of aromatic amines is 1. The van der Waals surface area contributed by atoms with Gasteiger partial charge in [-0.05, 0) is 37.6 Å². The van der Waals surface area contributed by atoms with Gasteiger partial charge in [0.2, 0.25) is 0 Å². The number of unbranched alkanes of at least 4 members (excludes halogenated alkanes) is 3. The minimum absolute atomic E-state index is 1.08. The largest absolute Gasteiger partial charge is 0.361 e. The van der Waals surface area contributed by atoms with Gasteiger partial charge in [0.05, 0.1) is 0 Å². The molecule has 0 atom stereocenters. The third-order valence-electron chi connectivity index (χ3n) is 3.45. The Morgan fingerprint density at radius 3 is 2.83 bits per heavy atom. The summed E-state index contributed by atoms with van der Waals surface area (Å²) in [5.41, 5.74) is 2.67. The second-order valence-corrected chi connectivity index (χ2v) is 4.92. The van der Waals surface area contributed by atoms with Crippen molar-refractivity contribution in [3.8, 4) is 0 Å². The number of benzene rings is 1. The Kier molecular flexibility index (Phi) is 5.28. The SMILES string of the molecule is CCCCCCNCCc1c[nH]c2ccccc12. The fourth-order valence-electron chi connectivity index (χ4n) is 2.36. The van der Waals surface area contributed by atoms with Crippen LogP contribution in [0.2, 0.25) is 0 Å². The maximum absolute atomic E-state index is 3.53. The van der Waals surface area contributed by atoms with Crippen LogP contribution in [-0.2, 0) is 6.42 Å². The zero-order chi connectivity index (χ0) is 12.6. The lowest BCUT2D eigenvalue weighted by Gasteiger charge is -2.04. The Bertz CT molecular complexity index is 459. The number of para-hydroxylation sites is 1. The van der Waals surface area contributed by atoms with E-state index in [-0.39, 0.29) is 0 Å². The molecule has 0 aliphatic heterocycles. The molecule has 0 amide bonds. The van der Waals surface area contributed by atoms with Crippen molar-refractivity contribution in [2.45, 2.75) is 39.0 Å². The van der Waals surface area contributed by atoms with Crippen LogP contribution in [0.25, 0.3) is 10.9 Å². The molecule has 0 aliphatic carbocycles. The number of H-pyrrole nitrogens is 1. The summed E-state index contributed by atoms with van der Waals surface area (Å²) in [5.74, 6) is 0. The Morgan fingerprint density at radius 1 is 1.06 bits per heavy atom. The standard InChI is InChI=1S/C16H24N2/c1-2-3-4-7-11-17-12-10-14-13-18-16-9-6-5-8-15(14)16/h5-6,8-9,13,17-18H,2-4,7,10-12H2,1H3. The summed E-state index contributed by atoms with van der Waals surface area (Å²) in [5, 5.41) is 4.90. The minimum atomic E-state index is 1.08. The molecule has 1 heterocycles. The maximum atomic E-state index is 3.53. The Labute approximate surface area is 110 Å². The molecule has 2 heteroatoms. The highest BCUT2D eigenvalue weighted by atomic mass is 14.8. The molecule has 0 spiro atoms. The van der Waals surface area contributed by atoms with Crippen molar-refractivity contribution in [3.05, 3.63) is 36.0 Å². The van der Waals surface area contributed by atoms with Crippen molar-refractivity contribution in [2.24, 2.45) is 0 Å². The summed E-state index contributed by atoms with van der Waals surface area (Å²) in [6, 6.07) is 8.52. The predicted molar refractivity (Wildman–Crippen MR) is 79.0 cm³/mol. The summed E-state index contributed by atoms with van der Waals surface area (Å²) < 4.78 is 0. The first-order valence-electron chi connectivity index (χ1n) is 7.17. The van der Waals surface area contributed by atoms with E-state index in [1.807, 2.05) is 0 Å². The lowest BCUT2D eigenvalue weighted by molar-refractivity contribution is 0.599. The van der Waals surface area contributed by atoms with Gasteiger partial charge in [-0.1, -0.05) is 44.4 Å². The zero-order valence-electron chi connectivity index (χ0n) is 11.3. The molecule has 98 valence electrons. The molecule has 2 N–H and O–H groups in total. The summed E-state index contributed by atoms with van der Waals surface area (Å²) in [6.45, 7) is 4.49. The fraction of sp³-hybridized carbons (Fsp3) is 0.500. The van der Waals surface area contributed by atoms with E-state index in [9.17, 15) is 0 Å². The van der Waals surface area contributed by atoms with Crippen LogP contribution in [0.15, 0.2) is 30.5 Å². The van der Waals surface area contributed by atoms with Gasteiger partial charge in [0.15, 0.2) is 0 Å². The molecular weight excluding hydrogens is 220 g/mol. The van der Waals surface area contributed by atoms with E-state index in [1.165, 1.54) is 42.1 Å². The van der Waals surface area contributed by atoms with Crippen molar-refractivity contribution >= 4 is 10.9 Å². The van der Waals surface area contributed by atoms with Crippen molar-refractivity contribution in [1.82, 2.24) is 10.3 Å². The van der Waals surface area contributed by atoms with Crippen molar-refractivity contribution < 1.29 is 0 Å². The second kappa shape index (κ2) is 7.22. The van der Waals surface area contributed by atoms with Gasteiger partial charge in [-0.25, -0.2) is 0 Å². The average Bonchev–Trinajstić information content (AvgIpc) is 2.81. The number of hydrogen-bond acceptors (Lipinski definition) is 1. The first-order chi connectivity index (χ1) is 8.92. The van der Waals surface area contributed by atoms with Gasteiger partial charge in [-0.2, -0.15) is 0 Å². The van der Waals surface area contributed by atoms with E-state index in [4.69, 9.17) is 0 Å². The first-order valence-corrected chi connectivity index (χ1v) is 7.17. The van der Waals surface area contributed by atoms with Gasteiger partial charge in [0, 0.05) is 17.1 Å². The van der Waals surface area contributed by atoms with Crippen LogP contribution in [0.4, 0.5) is 0 Å². The predicted octanol–water partition coefficient (Wildman–Crippen LogP) is 3.88. The van der Waals surface area contributed by atoms with Crippen LogP contribution in [-0.4, -0.2) is 18.1 Å². The quantitative estimate of drug-likeness (QED) is 0.678. The third-order valence-corrected chi connectivity index (χ3v) is 3.45. The van der Waals surface area contributed by atoms with E-state index in [0.717, 1.165) is 19.5 Å². The van der Waals surface area contributed by atoms with Gasteiger partial charge < -0.3 is 10.3 Å². The number of aromatic nitrogens is 1. The molecular formula is C16H24N2. The van der Waals surface area contributed by atoms with Crippen molar-refractivity contribution in [3.63, 3.8) is 0 Å². The number of fused-ring (bicyclic) bond motifs is 1. The van der Waals surface area contributed by atoms with E-state index < -0.39 is 0 Å². The molecule has 0 unspecified atom stereocenters. The van der Waals surface area contributed by atoms with Crippen LogP contribution in [0, 0.1) is 0 Å². The first kappa shape index (κ1) is 13.2. The summed E-state index contributed by atoms with van der Waals surface area (Å²) in [4.78, 5) is 3.33. The second-order valence-electron chi connectivity index (χ2n) is 4.92. The maximum Gasteiger partial charge on any atom is 0.0456 e. The van der Waals surface area contributed by atoms with Crippen molar-refractivity contribution in [2.75, 3.05) is 13.1 Å². The van der Waals surface area contributed by atoms with Gasteiger partial charge in [-0.15, -0.1) is 0 Å². The number of hydrogen-bond donors (Lipinski definition) is 2. The van der Waals surface area contributed by atoms with Crippen LogP contribution in [0.3, 0.4) is 0 Å². The molecule has 1 aromatic carbocycles. The van der Waals surface area contributed by atoms with Crippen LogP contribution < -0.4 is 5.32 Å². The topological polar surface area (TPSA) is 27.8 Å². The number of rotatable bonds is 8. The monoisotopic (exact) mass is 244 g/mol. The molecule has 18 heavy (non-hydrogen) atoms. The van der Waals surface area contributed by atoms with E-state index in [0.29, 0.717) is 0 Å². The van der Waals surface area contributed by atoms with E-state index in [1.54, 1.807) is 0 Å². The Balaban J connectivity index is 1.70. The zero-order valence-corrected chi connectivity index (χ0v) is 11.3. The third kappa shape index (κ3) is 3.61. The lowest BCUT2D eigenvalue weighted by atomic mass is 10.1. The highest BCUT2D eigenvalue weighted by Gasteiger charge is 2.01. The van der Waals surface area contributed by atoms with Gasteiger partial charge in [0.1, 0.15) is 0 Å². The van der Waals surface area contributed by atoms with Gasteiger partial charge >= 0.3 is 0 Å². The molecule has 2 rings (SSSR count). The highest BCUT2D eigenvalue weighted by molar-refractivity contribution is 5.83. The summed E-state index contributed by atoms with van der Waals surface area (Å²) >= 11 is 0. The van der Waals surface area contributed by atoms with E-state index >= 15 is 0 Å². The molecule has 0 saturated carbocycles. The average molecular weight is 244 g/mol.